The van der Waals surface area contributed by atoms with E-state index in [1.54, 1.807) is 24.3 Å². The quantitative estimate of drug-likeness (QED) is 0.840. The van der Waals surface area contributed by atoms with Gasteiger partial charge in [-0.05, 0) is 24.1 Å². The van der Waals surface area contributed by atoms with E-state index in [0.717, 1.165) is 12.0 Å². The van der Waals surface area contributed by atoms with Crippen LogP contribution in [0.5, 0.6) is 0 Å². The molecule has 0 aliphatic carbocycles. The maximum atomic E-state index is 12.2. The molecule has 1 aromatic rings. The zero-order chi connectivity index (χ0) is 12.9. The van der Waals surface area contributed by atoms with Crippen molar-refractivity contribution >= 4 is 10.0 Å². The first-order valence-electron chi connectivity index (χ1n) is 5.85. The van der Waals surface area contributed by atoms with E-state index < -0.39 is 10.0 Å². The molecule has 0 amide bonds. The van der Waals surface area contributed by atoms with E-state index in [9.17, 15) is 8.42 Å². The van der Waals surface area contributed by atoms with Crippen LogP contribution in [0.1, 0.15) is 25.8 Å². The Morgan fingerprint density at radius 1 is 1.18 bits per heavy atom. The molecular weight excluding hydrogens is 236 g/mol. The molecule has 2 N–H and O–H groups in total. The predicted octanol–water partition coefficient (Wildman–Crippen LogP) is 1.57. The maximum Gasteiger partial charge on any atom is 0.243 e. The number of hydrogen-bond acceptors (Lipinski definition) is 3. The highest BCUT2D eigenvalue weighted by atomic mass is 32.2. The summed E-state index contributed by atoms with van der Waals surface area (Å²) in [4.78, 5) is 0.338. The number of benzene rings is 1. The summed E-state index contributed by atoms with van der Waals surface area (Å²) >= 11 is 0. The first-order valence-corrected chi connectivity index (χ1v) is 7.29. The van der Waals surface area contributed by atoms with Crippen molar-refractivity contribution < 1.29 is 8.42 Å². The Labute approximate surface area is 103 Å². The zero-order valence-electron chi connectivity index (χ0n) is 10.4. The molecule has 0 spiro atoms. The number of nitrogens with two attached hydrogens (primary N) is 1. The first kappa shape index (κ1) is 14.2. The van der Waals surface area contributed by atoms with Crippen LogP contribution < -0.4 is 5.73 Å². The van der Waals surface area contributed by atoms with E-state index in [-0.39, 0.29) is 0 Å². The Bertz CT molecular complexity index is 440. The van der Waals surface area contributed by atoms with Gasteiger partial charge in [-0.25, -0.2) is 8.42 Å². The summed E-state index contributed by atoms with van der Waals surface area (Å²) in [5, 5.41) is 0. The van der Waals surface area contributed by atoms with Gasteiger partial charge in [0.1, 0.15) is 0 Å². The average Bonchev–Trinajstić information content (AvgIpc) is 2.35. The number of hydrogen-bond donors (Lipinski definition) is 1. The molecular formula is C12H20N2O2S. The standard InChI is InChI=1S/C12H20N2O2S/c1-3-9-14(4-2)17(15,16)12-7-5-11(10-13)6-8-12/h5-8H,3-4,9-10,13H2,1-2H3. The van der Waals surface area contributed by atoms with Gasteiger partial charge in [0, 0.05) is 19.6 Å². The lowest BCUT2D eigenvalue weighted by Gasteiger charge is -2.19. The van der Waals surface area contributed by atoms with Gasteiger partial charge < -0.3 is 5.73 Å². The molecule has 0 radical (unpaired) electrons. The van der Waals surface area contributed by atoms with Gasteiger partial charge in [0.15, 0.2) is 0 Å². The summed E-state index contributed by atoms with van der Waals surface area (Å²) in [7, 11) is -3.35. The van der Waals surface area contributed by atoms with Crippen LogP contribution in [0.3, 0.4) is 0 Å². The lowest BCUT2D eigenvalue weighted by atomic mass is 10.2. The molecule has 1 rings (SSSR count). The number of sulfonamides is 1. The third kappa shape index (κ3) is 3.28. The average molecular weight is 256 g/mol. The van der Waals surface area contributed by atoms with Gasteiger partial charge in [-0.1, -0.05) is 26.0 Å². The Morgan fingerprint density at radius 3 is 2.18 bits per heavy atom. The minimum atomic E-state index is -3.35. The van der Waals surface area contributed by atoms with Crippen molar-refractivity contribution in [2.75, 3.05) is 13.1 Å². The van der Waals surface area contributed by atoms with Crippen molar-refractivity contribution in [2.45, 2.75) is 31.7 Å². The topological polar surface area (TPSA) is 63.4 Å². The monoisotopic (exact) mass is 256 g/mol. The van der Waals surface area contributed by atoms with Crippen LogP contribution in [0.25, 0.3) is 0 Å². The molecule has 0 fully saturated rings. The third-order valence-corrected chi connectivity index (χ3v) is 4.61. The minimum absolute atomic E-state index is 0.338. The maximum absolute atomic E-state index is 12.2. The molecule has 0 atom stereocenters. The molecule has 0 aliphatic rings. The molecule has 0 heterocycles. The summed E-state index contributed by atoms with van der Waals surface area (Å²) in [5.41, 5.74) is 6.42. The Balaban J connectivity index is 3.02. The van der Waals surface area contributed by atoms with Crippen LogP contribution in [-0.2, 0) is 16.6 Å². The second-order valence-corrected chi connectivity index (χ2v) is 5.78. The Hall–Kier alpha value is -0.910. The predicted molar refractivity (Wildman–Crippen MR) is 69.1 cm³/mol. The van der Waals surface area contributed by atoms with Gasteiger partial charge in [0.25, 0.3) is 0 Å². The molecule has 0 aliphatic heterocycles. The summed E-state index contributed by atoms with van der Waals surface area (Å²) in [6, 6.07) is 6.75. The van der Waals surface area contributed by atoms with Crippen molar-refractivity contribution in [3.05, 3.63) is 29.8 Å². The number of rotatable bonds is 6. The third-order valence-electron chi connectivity index (χ3n) is 2.62. The van der Waals surface area contributed by atoms with Crippen molar-refractivity contribution in [1.29, 1.82) is 0 Å². The van der Waals surface area contributed by atoms with Gasteiger partial charge in [-0.15, -0.1) is 0 Å². The molecule has 1 aromatic carbocycles. The normalized spacial score (nSPS) is 12.0. The van der Waals surface area contributed by atoms with Crippen LogP contribution in [0, 0.1) is 0 Å². The highest BCUT2D eigenvalue weighted by molar-refractivity contribution is 7.89. The van der Waals surface area contributed by atoms with E-state index >= 15 is 0 Å². The molecule has 4 nitrogen and oxygen atoms in total. The molecule has 17 heavy (non-hydrogen) atoms. The van der Waals surface area contributed by atoms with E-state index in [4.69, 9.17) is 5.73 Å². The molecule has 5 heteroatoms. The highest BCUT2D eigenvalue weighted by Gasteiger charge is 2.21. The molecule has 0 unspecified atom stereocenters. The van der Waals surface area contributed by atoms with Gasteiger partial charge in [-0.2, -0.15) is 4.31 Å². The van der Waals surface area contributed by atoms with E-state index in [0.29, 0.717) is 24.5 Å². The fraction of sp³-hybridized carbons (Fsp3) is 0.500. The SMILES string of the molecule is CCCN(CC)S(=O)(=O)c1ccc(CN)cc1. The number of nitrogens with zero attached hydrogens (tertiary/aromatic N) is 1. The largest absolute Gasteiger partial charge is 0.326 e. The molecule has 0 saturated carbocycles. The molecule has 0 saturated heterocycles. The summed E-state index contributed by atoms with van der Waals surface area (Å²) in [6.07, 6.45) is 0.813. The van der Waals surface area contributed by atoms with Crippen molar-refractivity contribution in [3.63, 3.8) is 0 Å². The van der Waals surface area contributed by atoms with Gasteiger partial charge in [0.05, 0.1) is 4.90 Å². The fourth-order valence-corrected chi connectivity index (χ4v) is 3.19. The van der Waals surface area contributed by atoms with Crippen molar-refractivity contribution in [3.8, 4) is 0 Å². The van der Waals surface area contributed by atoms with Crippen LogP contribution in [0.2, 0.25) is 0 Å². The van der Waals surface area contributed by atoms with Crippen LogP contribution >= 0.6 is 0 Å². The Morgan fingerprint density at radius 2 is 1.76 bits per heavy atom. The fourth-order valence-electron chi connectivity index (χ4n) is 1.64. The lowest BCUT2D eigenvalue weighted by molar-refractivity contribution is 0.427. The lowest BCUT2D eigenvalue weighted by Crippen LogP contribution is -2.31. The van der Waals surface area contributed by atoms with Crippen LogP contribution in [0.4, 0.5) is 0 Å². The second-order valence-electron chi connectivity index (χ2n) is 3.84. The smallest absolute Gasteiger partial charge is 0.243 e. The summed E-state index contributed by atoms with van der Waals surface area (Å²) in [5.74, 6) is 0. The van der Waals surface area contributed by atoms with Gasteiger partial charge in [-0.3, -0.25) is 0 Å². The van der Waals surface area contributed by atoms with Crippen molar-refractivity contribution in [1.82, 2.24) is 4.31 Å². The summed E-state index contributed by atoms with van der Waals surface area (Å²) in [6.45, 7) is 5.29. The zero-order valence-corrected chi connectivity index (χ0v) is 11.2. The molecule has 0 aromatic heterocycles. The second kappa shape index (κ2) is 6.14. The van der Waals surface area contributed by atoms with Gasteiger partial charge >= 0.3 is 0 Å². The van der Waals surface area contributed by atoms with E-state index in [1.165, 1.54) is 4.31 Å². The van der Waals surface area contributed by atoms with Crippen LogP contribution in [0.15, 0.2) is 29.2 Å². The molecule has 0 bridgehead atoms. The Kier molecular flexibility index (Phi) is 5.11. The van der Waals surface area contributed by atoms with Crippen molar-refractivity contribution in [2.24, 2.45) is 5.73 Å². The highest BCUT2D eigenvalue weighted by Crippen LogP contribution is 2.16. The van der Waals surface area contributed by atoms with Crippen LogP contribution in [-0.4, -0.2) is 25.8 Å². The first-order chi connectivity index (χ1) is 8.06. The van der Waals surface area contributed by atoms with Gasteiger partial charge in [0.2, 0.25) is 10.0 Å². The summed E-state index contributed by atoms with van der Waals surface area (Å²) < 4.78 is 26.0. The van der Waals surface area contributed by atoms with E-state index in [2.05, 4.69) is 0 Å². The van der Waals surface area contributed by atoms with E-state index in [1.807, 2.05) is 13.8 Å². The molecule has 96 valence electrons. The minimum Gasteiger partial charge on any atom is -0.326 e.